The summed E-state index contributed by atoms with van der Waals surface area (Å²) < 4.78 is 5.83. The molecule has 2 rings (SSSR count). The summed E-state index contributed by atoms with van der Waals surface area (Å²) in [5, 5.41) is 3.63. The van der Waals surface area contributed by atoms with Crippen LogP contribution in [0.1, 0.15) is 50.8 Å². The Kier molecular flexibility index (Phi) is 5.45. The molecule has 0 fully saturated rings. The third-order valence-electron chi connectivity index (χ3n) is 4.56. The molecule has 2 heteroatoms. The Labute approximate surface area is 130 Å². The second-order valence-corrected chi connectivity index (χ2v) is 7.35. The van der Waals surface area contributed by atoms with Crippen LogP contribution < -0.4 is 5.32 Å². The summed E-state index contributed by atoms with van der Waals surface area (Å²) in [4.78, 5) is 0. The van der Waals surface area contributed by atoms with Gasteiger partial charge in [-0.05, 0) is 54.3 Å². The highest BCUT2D eigenvalue weighted by Gasteiger charge is 2.32. The van der Waals surface area contributed by atoms with Crippen LogP contribution in [0.2, 0.25) is 0 Å². The summed E-state index contributed by atoms with van der Waals surface area (Å²) in [7, 11) is 1.84. The lowest BCUT2D eigenvalue weighted by Gasteiger charge is -2.36. The number of benzene rings is 1. The van der Waals surface area contributed by atoms with Gasteiger partial charge in [0.05, 0.1) is 6.10 Å². The molecule has 0 amide bonds. The maximum absolute atomic E-state index is 5.83. The lowest BCUT2D eigenvalue weighted by Crippen LogP contribution is -2.49. The van der Waals surface area contributed by atoms with Gasteiger partial charge in [-0.25, -0.2) is 0 Å². The Balaban J connectivity index is 2.15. The SMILES string of the molecule is CCNC(Cc1ccc2c(c1)CCC2)C(OC)C(C)(C)C. The molecule has 0 saturated carbocycles. The van der Waals surface area contributed by atoms with E-state index in [1.54, 1.807) is 11.1 Å². The first-order valence-corrected chi connectivity index (χ1v) is 8.32. The van der Waals surface area contributed by atoms with Crippen molar-refractivity contribution in [3.63, 3.8) is 0 Å². The normalized spacial score (nSPS) is 17.6. The zero-order chi connectivity index (χ0) is 15.5. The van der Waals surface area contributed by atoms with Gasteiger partial charge in [-0.2, -0.15) is 0 Å². The lowest BCUT2D eigenvalue weighted by atomic mass is 9.82. The van der Waals surface area contributed by atoms with Gasteiger partial charge in [0.1, 0.15) is 0 Å². The first-order valence-electron chi connectivity index (χ1n) is 8.32. The highest BCUT2D eigenvalue weighted by atomic mass is 16.5. The summed E-state index contributed by atoms with van der Waals surface area (Å²) in [6, 6.07) is 7.42. The Morgan fingerprint density at radius 2 is 1.90 bits per heavy atom. The topological polar surface area (TPSA) is 21.3 Å². The van der Waals surface area contributed by atoms with E-state index in [9.17, 15) is 0 Å². The number of hydrogen-bond acceptors (Lipinski definition) is 2. The lowest BCUT2D eigenvalue weighted by molar-refractivity contribution is -0.0106. The van der Waals surface area contributed by atoms with Gasteiger partial charge < -0.3 is 10.1 Å². The molecule has 0 saturated heterocycles. The van der Waals surface area contributed by atoms with Gasteiger partial charge >= 0.3 is 0 Å². The molecule has 21 heavy (non-hydrogen) atoms. The number of hydrogen-bond donors (Lipinski definition) is 1. The van der Waals surface area contributed by atoms with Crippen molar-refractivity contribution in [1.82, 2.24) is 5.32 Å². The quantitative estimate of drug-likeness (QED) is 0.861. The Morgan fingerprint density at radius 1 is 1.19 bits per heavy atom. The van der Waals surface area contributed by atoms with Crippen molar-refractivity contribution in [2.24, 2.45) is 5.41 Å². The number of aryl methyl sites for hydroxylation is 2. The van der Waals surface area contributed by atoms with Gasteiger partial charge in [-0.15, -0.1) is 0 Å². The summed E-state index contributed by atoms with van der Waals surface area (Å²) >= 11 is 0. The van der Waals surface area contributed by atoms with E-state index in [4.69, 9.17) is 4.74 Å². The van der Waals surface area contributed by atoms with Gasteiger partial charge in [-0.1, -0.05) is 45.9 Å². The van der Waals surface area contributed by atoms with Crippen LogP contribution in [0.15, 0.2) is 18.2 Å². The first kappa shape index (κ1) is 16.5. The second kappa shape index (κ2) is 6.93. The van der Waals surface area contributed by atoms with Crippen LogP contribution >= 0.6 is 0 Å². The smallest absolute Gasteiger partial charge is 0.0775 e. The predicted octanol–water partition coefficient (Wildman–Crippen LogP) is 3.76. The number of rotatable bonds is 6. The molecule has 0 aromatic heterocycles. The van der Waals surface area contributed by atoms with Gasteiger partial charge in [0, 0.05) is 13.2 Å². The van der Waals surface area contributed by atoms with Crippen molar-refractivity contribution in [3.8, 4) is 0 Å². The zero-order valence-corrected chi connectivity index (χ0v) is 14.3. The van der Waals surface area contributed by atoms with Crippen LogP contribution in [-0.2, 0) is 24.0 Å². The maximum atomic E-state index is 5.83. The fourth-order valence-electron chi connectivity index (χ4n) is 3.68. The van der Waals surface area contributed by atoms with Crippen molar-refractivity contribution in [2.75, 3.05) is 13.7 Å². The number of fused-ring (bicyclic) bond motifs is 1. The molecule has 1 aromatic rings. The van der Waals surface area contributed by atoms with Crippen molar-refractivity contribution in [3.05, 3.63) is 34.9 Å². The van der Waals surface area contributed by atoms with Gasteiger partial charge in [-0.3, -0.25) is 0 Å². The molecule has 1 aromatic carbocycles. The van der Waals surface area contributed by atoms with Crippen molar-refractivity contribution >= 4 is 0 Å². The van der Waals surface area contributed by atoms with Gasteiger partial charge in [0.2, 0.25) is 0 Å². The summed E-state index contributed by atoms with van der Waals surface area (Å²) in [6.45, 7) is 9.92. The third kappa shape index (κ3) is 4.08. The predicted molar refractivity (Wildman–Crippen MR) is 89.9 cm³/mol. The van der Waals surface area contributed by atoms with Crippen LogP contribution in [0.3, 0.4) is 0 Å². The van der Waals surface area contributed by atoms with Crippen LogP contribution in [0.5, 0.6) is 0 Å². The van der Waals surface area contributed by atoms with E-state index in [-0.39, 0.29) is 11.5 Å². The average molecular weight is 289 g/mol. The van der Waals surface area contributed by atoms with E-state index < -0.39 is 0 Å². The standard InChI is InChI=1S/C19H31NO/c1-6-20-17(18(21-5)19(2,3)4)13-14-10-11-15-8-7-9-16(15)12-14/h10-12,17-18,20H,6-9,13H2,1-5H3. The molecule has 0 heterocycles. The minimum atomic E-state index is 0.137. The van der Waals surface area contributed by atoms with Crippen LogP contribution in [0.4, 0.5) is 0 Å². The molecule has 0 spiro atoms. The average Bonchev–Trinajstić information content (AvgIpc) is 2.85. The zero-order valence-electron chi connectivity index (χ0n) is 14.3. The van der Waals surface area contributed by atoms with E-state index in [0.29, 0.717) is 6.04 Å². The molecule has 2 nitrogen and oxygen atoms in total. The fourth-order valence-corrected chi connectivity index (χ4v) is 3.68. The van der Waals surface area contributed by atoms with E-state index in [0.717, 1.165) is 13.0 Å². The number of likely N-dealkylation sites (N-methyl/N-ethyl adjacent to an activating group) is 1. The van der Waals surface area contributed by atoms with E-state index >= 15 is 0 Å². The molecule has 1 aliphatic rings. The first-order chi connectivity index (χ1) is 9.95. The number of nitrogens with one attached hydrogen (secondary N) is 1. The fraction of sp³-hybridized carbons (Fsp3) is 0.684. The van der Waals surface area contributed by atoms with Crippen molar-refractivity contribution < 1.29 is 4.74 Å². The highest BCUT2D eigenvalue weighted by molar-refractivity contribution is 5.35. The van der Waals surface area contributed by atoms with Gasteiger partial charge in [0.25, 0.3) is 0 Å². The molecule has 0 aliphatic heterocycles. The minimum absolute atomic E-state index is 0.137. The molecule has 0 bridgehead atoms. The van der Waals surface area contributed by atoms with Crippen molar-refractivity contribution in [1.29, 1.82) is 0 Å². The summed E-state index contributed by atoms with van der Waals surface area (Å²) in [6.07, 6.45) is 5.08. The molecule has 2 unspecified atom stereocenters. The molecular weight excluding hydrogens is 258 g/mol. The Bertz CT molecular complexity index is 461. The van der Waals surface area contributed by atoms with Crippen LogP contribution in [-0.4, -0.2) is 25.8 Å². The second-order valence-electron chi connectivity index (χ2n) is 7.35. The van der Waals surface area contributed by atoms with Crippen LogP contribution in [0.25, 0.3) is 0 Å². The summed E-state index contributed by atoms with van der Waals surface area (Å²) in [5.41, 5.74) is 4.69. The highest BCUT2D eigenvalue weighted by Crippen LogP contribution is 2.28. The molecule has 1 aliphatic carbocycles. The van der Waals surface area contributed by atoms with E-state index in [1.807, 2.05) is 7.11 Å². The van der Waals surface area contributed by atoms with E-state index in [2.05, 4.69) is 51.2 Å². The maximum Gasteiger partial charge on any atom is 0.0775 e. The largest absolute Gasteiger partial charge is 0.379 e. The monoisotopic (exact) mass is 289 g/mol. The van der Waals surface area contributed by atoms with Gasteiger partial charge in [0.15, 0.2) is 0 Å². The Hall–Kier alpha value is -0.860. The minimum Gasteiger partial charge on any atom is -0.379 e. The Morgan fingerprint density at radius 3 is 2.52 bits per heavy atom. The number of ether oxygens (including phenoxy) is 1. The molecule has 0 radical (unpaired) electrons. The molecule has 1 N–H and O–H groups in total. The van der Waals surface area contributed by atoms with Crippen LogP contribution in [0, 0.1) is 5.41 Å². The third-order valence-corrected chi connectivity index (χ3v) is 4.56. The van der Waals surface area contributed by atoms with E-state index in [1.165, 1.54) is 24.8 Å². The van der Waals surface area contributed by atoms with Crippen molar-refractivity contribution in [2.45, 2.75) is 65.5 Å². The summed E-state index contributed by atoms with van der Waals surface area (Å²) in [5.74, 6) is 0. The molecular formula is C19H31NO. The molecule has 2 atom stereocenters. The molecule has 118 valence electrons. The number of methoxy groups -OCH3 is 1.